The summed E-state index contributed by atoms with van der Waals surface area (Å²) in [4.78, 5) is 22.7. The lowest BCUT2D eigenvalue weighted by molar-refractivity contribution is -0.142. The van der Waals surface area contributed by atoms with Crippen molar-refractivity contribution >= 4 is 33.6 Å². The lowest BCUT2D eigenvalue weighted by atomic mass is 9.97. The van der Waals surface area contributed by atoms with E-state index in [-0.39, 0.29) is 12.5 Å². The summed E-state index contributed by atoms with van der Waals surface area (Å²) in [6.45, 7) is 4.03. The molecule has 0 fully saturated rings. The van der Waals surface area contributed by atoms with Crippen LogP contribution in [0.3, 0.4) is 0 Å². The zero-order chi connectivity index (χ0) is 15.1. The van der Waals surface area contributed by atoms with Gasteiger partial charge in [0.15, 0.2) is 0 Å². The number of carboxylic acid groups (broad SMARTS) is 1. The Bertz CT molecular complexity index is 460. The number of urea groups is 1. The third-order valence-electron chi connectivity index (χ3n) is 2.72. The topological polar surface area (TPSA) is 78.4 Å². The largest absolute Gasteiger partial charge is 0.481 e. The van der Waals surface area contributed by atoms with Gasteiger partial charge in [-0.3, -0.25) is 4.79 Å². The van der Waals surface area contributed by atoms with Crippen LogP contribution in [0.25, 0.3) is 0 Å². The zero-order valence-corrected chi connectivity index (χ0v) is 13.1. The number of halogens is 1. The highest BCUT2D eigenvalue weighted by Gasteiger charge is 2.19. The van der Waals surface area contributed by atoms with Gasteiger partial charge in [-0.1, -0.05) is 29.8 Å². The first-order chi connectivity index (χ1) is 9.38. The molecule has 0 spiro atoms. The fraction of sp³-hybridized carbons (Fsp3) is 0.429. The molecule has 3 N–H and O–H groups in total. The van der Waals surface area contributed by atoms with E-state index in [1.165, 1.54) is 0 Å². The summed E-state index contributed by atoms with van der Waals surface area (Å²) in [5.74, 6) is -1.18. The molecule has 1 atom stereocenters. The van der Waals surface area contributed by atoms with Crippen molar-refractivity contribution in [1.29, 1.82) is 0 Å². The Labute approximate surface area is 126 Å². The van der Waals surface area contributed by atoms with Crippen LogP contribution < -0.4 is 10.6 Å². The van der Waals surface area contributed by atoms with Crippen LogP contribution in [-0.2, 0) is 4.79 Å². The number of aliphatic carboxylic acids is 1. The van der Waals surface area contributed by atoms with Gasteiger partial charge in [0.25, 0.3) is 0 Å². The maximum atomic E-state index is 11.7. The molecule has 20 heavy (non-hydrogen) atoms. The third-order valence-corrected chi connectivity index (χ3v) is 3.24. The van der Waals surface area contributed by atoms with E-state index in [0.717, 1.165) is 4.47 Å². The molecule has 0 heterocycles. The molecule has 0 radical (unpaired) electrons. The number of anilines is 1. The minimum absolute atomic E-state index is 0.121. The van der Waals surface area contributed by atoms with Gasteiger partial charge < -0.3 is 15.7 Å². The lowest BCUT2D eigenvalue weighted by Gasteiger charge is -2.15. The number of carbonyl (C=O) groups excluding carboxylic acids is 1. The van der Waals surface area contributed by atoms with Crippen LogP contribution >= 0.6 is 15.9 Å². The highest BCUT2D eigenvalue weighted by Crippen LogP contribution is 2.14. The fourth-order valence-corrected chi connectivity index (χ4v) is 2.03. The Kier molecular flexibility index (Phi) is 6.51. The maximum Gasteiger partial charge on any atom is 0.319 e. The summed E-state index contributed by atoms with van der Waals surface area (Å²) in [6.07, 6.45) is 0.536. The van der Waals surface area contributed by atoms with Crippen LogP contribution in [0, 0.1) is 11.8 Å². The number of amides is 2. The normalized spacial score (nSPS) is 12.0. The van der Waals surface area contributed by atoms with Crippen LogP contribution in [-0.4, -0.2) is 23.7 Å². The molecule has 0 saturated heterocycles. The molecule has 1 rings (SSSR count). The number of benzene rings is 1. The number of hydrogen-bond acceptors (Lipinski definition) is 2. The van der Waals surface area contributed by atoms with Gasteiger partial charge >= 0.3 is 12.0 Å². The van der Waals surface area contributed by atoms with E-state index in [9.17, 15) is 9.59 Å². The molecular weight excluding hydrogens is 324 g/mol. The summed E-state index contributed by atoms with van der Waals surface area (Å²) in [5.41, 5.74) is 0.654. The van der Waals surface area contributed by atoms with Crippen molar-refractivity contribution in [2.75, 3.05) is 11.9 Å². The summed E-state index contributed by atoms with van der Waals surface area (Å²) in [6, 6.07) is 6.74. The zero-order valence-electron chi connectivity index (χ0n) is 11.5. The minimum atomic E-state index is -0.886. The van der Waals surface area contributed by atoms with Gasteiger partial charge in [0.1, 0.15) is 0 Å². The highest BCUT2D eigenvalue weighted by atomic mass is 79.9. The SMILES string of the molecule is CC(C)C[C@H](CNC(=O)Nc1ccc(Br)cc1)C(=O)O. The minimum Gasteiger partial charge on any atom is -0.481 e. The van der Waals surface area contributed by atoms with Crippen molar-refractivity contribution in [1.82, 2.24) is 5.32 Å². The first kappa shape index (κ1) is 16.5. The highest BCUT2D eigenvalue weighted by molar-refractivity contribution is 9.10. The standard InChI is InChI=1S/C14H19BrN2O3/c1-9(2)7-10(13(18)19)8-16-14(20)17-12-5-3-11(15)4-6-12/h3-6,9-10H,7-8H2,1-2H3,(H,18,19)(H2,16,17,20)/t10-/m1/s1. The van der Waals surface area contributed by atoms with E-state index in [1.807, 2.05) is 26.0 Å². The average Bonchev–Trinajstić information content (AvgIpc) is 2.36. The van der Waals surface area contributed by atoms with Crippen molar-refractivity contribution in [3.63, 3.8) is 0 Å². The van der Waals surface area contributed by atoms with E-state index < -0.39 is 17.9 Å². The molecule has 0 aliphatic carbocycles. The molecular formula is C14H19BrN2O3. The van der Waals surface area contributed by atoms with Gasteiger partial charge in [0.2, 0.25) is 0 Å². The van der Waals surface area contributed by atoms with E-state index in [0.29, 0.717) is 12.1 Å². The van der Waals surface area contributed by atoms with E-state index in [1.54, 1.807) is 12.1 Å². The Morgan fingerprint density at radius 3 is 2.35 bits per heavy atom. The van der Waals surface area contributed by atoms with Gasteiger partial charge in [0.05, 0.1) is 5.92 Å². The Balaban J connectivity index is 2.45. The number of carboxylic acids is 1. The molecule has 0 bridgehead atoms. The quantitative estimate of drug-likeness (QED) is 0.741. The predicted octanol–water partition coefficient (Wildman–Crippen LogP) is 3.32. The molecule has 0 saturated carbocycles. The number of rotatable bonds is 6. The molecule has 0 aliphatic heterocycles. The average molecular weight is 343 g/mol. The number of nitrogens with one attached hydrogen (secondary N) is 2. The second-order valence-corrected chi connectivity index (χ2v) is 5.92. The van der Waals surface area contributed by atoms with E-state index in [2.05, 4.69) is 26.6 Å². The Morgan fingerprint density at radius 2 is 1.85 bits per heavy atom. The van der Waals surface area contributed by atoms with Gasteiger partial charge in [-0.05, 0) is 36.6 Å². The molecule has 2 amide bonds. The maximum absolute atomic E-state index is 11.7. The monoisotopic (exact) mass is 342 g/mol. The van der Waals surface area contributed by atoms with Crippen molar-refractivity contribution in [2.45, 2.75) is 20.3 Å². The number of carbonyl (C=O) groups is 2. The number of hydrogen-bond donors (Lipinski definition) is 3. The first-order valence-electron chi connectivity index (χ1n) is 6.41. The van der Waals surface area contributed by atoms with Crippen LogP contribution in [0.4, 0.5) is 10.5 Å². The summed E-state index contributed by atoms with van der Waals surface area (Å²) >= 11 is 3.31. The molecule has 0 unspecified atom stereocenters. The van der Waals surface area contributed by atoms with Gasteiger partial charge in [0, 0.05) is 16.7 Å². The predicted molar refractivity (Wildman–Crippen MR) is 81.7 cm³/mol. The van der Waals surface area contributed by atoms with Crippen molar-refractivity contribution in [3.05, 3.63) is 28.7 Å². The molecule has 110 valence electrons. The van der Waals surface area contributed by atoms with Crippen molar-refractivity contribution in [3.8, 4) is 0 Å². The van der Waals surface area contributed by atoms with E-state index >= 15 is 0 Å². The van der Waals surface area contributed by atoms with Gasteiger partial charge in [-0.2, -0.15) is 0 Å². The molecule has 5 nitrogen and oxygen atoms in total. The summed E-state index contributed by atoms with van der Waals surface area (Å²) in [5, 5.41) is 14.3. The Morgan fingerprint density at radius 1 is 1.25 bits per heavy atom. The lowest BCUT2D eigenvalue weighted by Crippen LogP contribution is -2.36. The Hall–Kier alpha value is -1.56. The van der Waals surface area contributed by atoms with E-state index in [4.69, 9.17) is 5.11 Å². The van der Waals surface area contributed by atoms with Gasteiger partial charge in [-0.25, -0.2) is 4.79 Å². The first-order valence-corrected chi connectivity index (χ1v) is 7.21. The molecule has 1 aromatic carbocycles. The van der Waals surface area contributed by atoms with Crippen LogP contribution in [0.5, 0.6) is 0 Å². The fourth-order valence-electron chi connectivity index (χ4n) is 1.76. The molecule has 0 aromatic heterocycles. The van der Waals surface area contributed by atoms with Crippen LogP contribution in [0.1, 0.15) is 20.3 Å². The summed E-state index contributed by atoms with van der Waals surface area (Å²) in [7, 11) is 0. The summed E-state index contributed by atoms with van der Waals surface area (Å²) < 4.78 is 0.923. The third kappa shape index (κ3) is 6.06. The molecule has 6 heteroatoms. The molecule has 0 aliphatic rings. The van der Waals surface area contributed by atoms with Crippen molar-refractivity contribution in [2.24, 2.45) is 11.8 Å². The van der Waals surface area contributed by atoms with Crippen LogP contribution in [0.15, 0.2) is 28.7 Å². The second-order valence-electron chi connectivity index (χ2n) is 5.01. The second kappa shape index (κ2) is 7.89. The molecule has 1 aromatic rings. The van der Waals surface area contributed by atoms with Crippen LogP contribution in [0.2, 0.25) is 0 Å². The smallest absolute Gasteiger partial charge is 0.319 e. The van der Waals surface area contributed by atoms with Crippen molar-refractivity contribution < 1.29 is 14.7 Å². The van der Waals surface area contributed by atoms with Gasteiger partial charge in [-0.15, -0.1) is 0 Å².